The number of benzene rings is 4. The molecule has 16 heteroatoms. The predicted octanol–water partition coefficient (Wildman–Crippen LogP) is 5.47. The van der Waals surface area contributed by atoms with Crippen LogP contribution in [0.5, 0.6) is 17.2 Å². The van der Waals surface area contributed by atoms with Gasteiger partial charge in [-0.3, -0.25) is 9.11 Å². The molecule has 0 fully saturated rings. The van der Waals surface area contributed by atoms with Gasteiger partial charge in [0.2, 0.25) is 0 Å². The number of nitrogens with two attached hydrogens (primary N) is 1. The van der Waals surface area contributed by atoms with Gasteiger partial charge >= 0.3 is 0 Å². The van der Waals surface area contributed by atoms with Gasteiger partial charge in [-0.1, -0.05) is 6.07 Å². The van der Waals surface area contributed by atoms with Crippen molar-refractivity contribution >= 4 is 59.4 Å². The number of anilines is 1. The molecule has 0 saturated heterocycles. The first-order valence-corrected chi connectivity index (χ1v) is 13.9. The molecule has 0 spiro atoms. The number of aromatic hydroxyl groups is 1. The summed E-state index contributed by atoms with van der Waals surface area (Å²) in [5.41, 5.74) is 6.05. The fourth-order valence-corrected chi connectivity index (χ4v) is 4.71. The van der Waals surface area contributed by atoms with Gasteiger partial charge in [0.05, 0.1) is 24.8 Å². The lowest BCUT2D eigenvalue weighted by atomic mass is 10.1. The Bertz CT molecular complexity index is 1890. The van der Waals surface area contributed by atoms with Crippen LogP contribution in [0.15, 0.2) is 90.9 Å². The number of hydrogen-bond acceptors (Lipinski definition) is 12. The summed E-state index contributed by atoms with van der Waals surface area (Å²) < 4.78 is 76.1. The van der Waals surface area contributed by atoms with Crippen molar-refractivity contribution in [3.05, 3.63) is 60.7 Å². The summed E-state index contributed by atoms with van der Waals surface area (Å²) in [6, 6.07) is 13.2. The quantitative estimate of drug-likeness (QED) is 0.115. The summed E-state index contributed by atoms with van der Waals surface area (Å²) in [7, 11) is -6.50. The number of methoxy groups -OCH3 is 2. The van der Waals surface area contributed by atoms with Gasteiger partial charge in [-0.05, 0) is 47.9 Å². The van der Waals surface area contributed by atoms with Crippen molar-refractivity contribution in [2.75, 3.05) is 20.0 Å². The molecule has 0 bridgehead atoms. The highest BCUT2D eigenvalue weighted by Crippen LogP contribution is 2.44. The third-order valence-electron chi connectivity index (χ3n) is 5.50. The number of azo groups is 2. The van der Waals surface area contributed by atoms with Crippen molar-refractivity contribution in [2.45, 2.75) is 9.79 Å². The van der Waals surface area contributed by atoms with E-state index in [0.29, 0.717) is 11.1 Å². The van der Waals surface area contributed by atoms with E-state index >= 15 is 0 Å². The highest BCUT2D eigenvalue weighted by molar-refractivity contribution is 7.86. The minimum atomic E-state index is -4.82. The zero-order chi connectivity index (χ0) is 29.2. The van der Waals surface area contributed by atoms with Crippen LogP contribution in [0.1, 0.15) is 0 Å². The average molecular weight is 588 g/mol. The molecule has 5 N–H and O–H groups in total. The maximum atomic E-state index is 12.1. The van der Waals surface area contributed by atoms with Gasteiger partial charge in [0, 0.05) is 23.2 Å². The maximum Gasteiger partial charge on any atom is 0.296 e. The Morgan fingerprint density at radius 3 is 1.82 bits per heavy atom. The number of ether oxygens (including phenoxy) is 2. The molecule has 4 rings (SSSR count). The first-order chi connectivity index (χ1) is 18.8. The largest absolute Gasteiger partial charge is 0.505 e. The third-order valence-corrected chi connectivity index (χ3v) is 7.24. The fraction of sp³-hybridized carbons (Fsp3) is 0.0833. The van der Waals surface area contributed by atoms with E-state index in [4.69, 9.17) is 19.8 Å². The molecule has 40 heavy (non-hydrogen) atoms. The van der Waals surface area contributed by atoms with Gasteiger partial charge in [0.25, 0.3) is 20.2 Å². The van der Waals surface area contributed by atoms with Crippen LogP contribution in [-0.4, -0.2) is 45.3 Å². The van der Waals surface area contributed by atoms with Crippen LogP contribution < -0.4 is 15.2 Å². The average Bonchev–Trinajstić information content (AvgIpc) is 2.90. The van der Waals surface area contributed by atoms with Crippen molar-refractivity contribution < 1.29 is 40.5 Å². The Balaban J connectivity index is 1.76. The minimum absolute atomic E-state index is 0.0455. The summed E-state index contributed by atoms with van der Waals surface area (Å²) in [6.07, 6.45) is 0. The molecule has 0 amide bonds. The number of rotatable bonds is 8. The molecule has 208 valence electrons. The second-order valence-electron chi connectivity index (χ2n) is 8.09. The highest BCUT2D eigenvalue weighted by Gasteiger charge is 2.22. The van der Waals surface area contributed by atoms with Crippen LogP contribution in [0, 0.1) is 0 Å². The Morgan fingerprint density at radius 1 is 0.725 bits per heavy atom. The molecular formula is C24H21N5O9S2. The van der Waals surface area contributed by atoms with E-state index in [2.05, 4.69) is 20.5 Å². The van der Waals surface area contributed by atoms with Crippen LogP contribution in [0.25, 0.3) is 10.8 Å². The Hall–Kier alpha value is -4.64. The number of nitrogen functional groups attached to an aromatic ring is 1. The molecule has 0 aliphatic carbocycles. The predicted molar refractivity (Wildman–Crippen MR) is 144 cm³/mol. The molecule has 0 aliphatic rings. The second-order valence-corrected chi connectivity index (χ2v) is 10.9. The van der Waals surface area contributed by atoms with Gasteiger partial charge in [-0.25, -0.2) is 0 Å². The molecule has 0 aromatic heterocycles. The van der Waals surface area contributed by atoms with E-state index in [0.717, 1.165) is 18.2 Å². The van der Waals surface area contributed by atoms with Crippen molar-refractivity contribution in [3.8, 4) is 17.2 Å². The first kappa shape index (κ1) is 28.4. The minimum Gasteiger partial charge on any atom is -0.505 e. The maximum absolute atomic E-state index is 12.1. The Morgan fingerprint density at radius 2 is 1.30 bits per heavy atom. The van der Waals surface area contributed by atoms with Gasteiger partial charge in [0.15, 0.2) is 5.75 Å². The van der Waals surface area contributed by atoms with E-state index < -0.39 is 36.6 Å². The van der Waals surface area contributed by atoms with Crippen molar-refractivity contribution in [3.63, 3.8) is 0 Å². The van der Waals surface area contributed by atoms with Crippen LogP contribution in [0.4, 0.5) is 28.4 Å². The number of nitrogens with zero attached hydrogens (tertiary/aromatic N) is 4. The van der Waals surface area contributed by atoms with Gasteiger partial charge in [-0.15, -0.1) is 15.3 Å². The number of phenols is 1. The molecule has 4 aromatic carbocycles. The van der Waals surface area contributed by atoms with E-state index in [1.165, 1.54) is 56.7 Å². The summed E-state index contributed by atoms with van der Waals surface area (Å²) in [5.74, 6) is -0.311. The summed E-state index contributed by atoms with van der Waals surface area (Å²) in [5, 5.41) is 27.3. The molecule has 4 aromatic rings. The fourth-order valence-electron chi connectivity index (χ4n) is 3.57. The zero-order valence-electron chi connectivity index (χ0n) is 20.7. The monoisotopic (exact) mass is 587 g/mol. The smallest absolute Gasteiger partial charge is 0.296 e. The van der Waals surface area contributed by atoms with Crippen LogP contribution >= 0.6 is 0 Å². The zero-order valence-corrected chi connectivity index (χ0v) is 22.4. The van der Waals surface area contributed by atoms with Crippen LogP contribution in [0.2, 0.25) is 0 Å². The lowest BCUT2D eigenvalue weighted by Crippen LogP contribution is -1.99. The van der Waals surface area contributed by atoms with E-state index in [9.17, 15) is 26.5 Å². The van der Waals surface area contributed by atoms with E-state index in [1.54, 1.807) is 0 Å². The normalized spacial score (nSPS) is 12.4. The van der Waals surface area contributed by atoms with Gasteiger partial charge < -0.3 is 20.3 Å². The molecule has 14 nitrogen and oxygen atoms in total. The molecule has 0 radical (unpaired) electrons. The highest BCUT2D eigenvalue weighted by atomic mass is 32.2. The molecule has 0 atom stereocenters. The van der Waals surface area contributed by atoms with Crippen LogP contribution in [-0.2, 0) is 20.2 Å². The SMILES string of the molecule is COc1cc(N=Nc2c(S(=O)(=O)O)cc3ccc(N)cc3c2O)c(OC)cc1N=Nc1ccc(S(=O)(=O)O)cc1. The van der Waals surface area contributed by atoms with E-state index in [-0.39, 0.29) is 38.8 Å². The Labute approximate surface area is 227 Å². The topological polar surface area (TPSA) is 223 Å². The first-order valence-electron chi connectivity index (χ1n) is 11.0. The molecule has 0 heterocycles. The van der Waals surface area contributed by atoms with Crippen molar-refractivity contribution in [2.24, 2.45) is 20.5 Å². The number of phenolic OH excluding ortho intramolecular Hbond substituents is 1. The summed E-state index contributed by atoms with van der Waals surface area (Å²) >= 11 is 0. The second kappa shape index (κ2) is 10.9. The Kier molecular flexibility index (Phi) is 7.70. The standard InChI is InChI=1S/C24H21N5O9S2/c1-37-20-12-19(21(38-2)11-18(20)27-26-15-5-7-16(8-6-15)39(31,32)33)28-29-23-22(40(34,35)36)9-13-3-4-14(25)10-17(13)24(23)30/h3-12,30H,25H2,1-2H3,(H,31,32,33)(H,34,35,36). The molecule has 0 unspecified atom stereocenters. The van der Waals surface area contributed by atoms with Gasteiger partial charge in [0.1, 0.15) is 33.5 Å². The summed E-state index contributed by atoms with van der Waals surface area (Å²) in [4.78, 5) is -0.985. The molecular weight excluding hydrogens is 566 g/mol. The van der Waals surface area contributed by atoms with Crippen molar-refractivity contribution in [1.82, 2.24) is 0 Å². The lowest BCUT2D eigenvalue weighted by molar-refractivity contribution is 0.405. The summed E-state index contributed by atoms with van der Waals surface area (Å²) in [6.45, 7) is 0. The molecule has 0 aliphatic heterocycles. The third kappa shape index (κ3) is 5.99. The van der Waals surface area contributed by atoms with Gasteiger partial charge in [-0.2, -0.15) is 21.9 Å². The number of fused-ring (bicyclic) bond motifs is 1. The van der Waals surface area contributed by atoms with E-state index in [1.807, 2.05) is 0 Å². The van der Waals surface area contributed by atoms with Crippen molar-refractivity contribution in [1.29, 1.82) is 0 Å². The number of hydrogen-bond donors (Lipinski definition) is 4. The lowest BCUT2D eigenvalue weighted by Gasteiger charge is -2.11. The van der Waals surface area contributed by atoms with Crippen LogP contribution in [0.3, 0.4) is 0 Å². The molecule has 0 saturated carbocycles.